The van der Waals surface area contributed by atoms with Crippen LogP contribution in [0.4, 0.5) is 0 Å². The Kier molecular flexibility index (Phi) is 7.54. The molecular formula is C14H18ClN3S. The van der Waals surface area contributed by atoms with Crippen molar-refractivity contribution in [3.8, 4) is 6.19 Å². The molecule has 0 aromatic carbocycles. The lowest BCUT2D eigenvalue weighted by Gasteiger charge is -2.12. The number of hydrogen-bond acceptors (Lipinski definition) is 4. The number of thioether (sulfide) groups is 1. The van der Waals surface area contributed by atoms with E-state index >= 15 is 0 Å². The Labute approximate surface area is 124 Å². The molecule has 1 aromatic heterocycles. The van der Waals surface area contributed by atoms with Crippen LogP contribution < -0.4 is 0 Å². The number of aliphatic imine (C=N–C) groups is 1. The Bertz CT molecular complexity index is 451. The van der Waals surface area contributed by atoms with E-state index in [9.17, 15) is 0 Å². The number of aromatic nitrogens is 1. The fourth-order valence-electron chi connectivity index (χ4n) is 1.71. The first kappa shape index (κ1) is 16.0. The highest BCUT2D eigenvalue weighted by Gasteiger charge is 2.09. The Morgan fingerprint density at radius 1 is 1.58 bits per heavy atom. The van der Waals surface area contributed by atoms with Gasteiger partial charge in [-0.05, 0) is 42.6 Å². The molecule has 0 aliphatic heterocycles. The number of hydrogen-bond donors (Lipinski definition) is 0. The van der Waals surface area contributed by atoms with Gasteiger partial charge >= 0.3 is 0 Å². The highest BCUT2D eigenvalue weighted by molar-refractivity contribution is 8.13. The molecule has 0 aliphatic carbocycles. The largest absolute Gasteiger partial charge is 0.244 e. The first-order valence-electron chi connectivity index (χ1n) is 6.34. The van der Waals surface area contributed by atoms with Gasteiger partial charge in [-0.15, -0.1) is 11.8 Å². The fraction of sp³-hybridized carbons (Fsp3) is 0.500. The zero-order valence-corrected chi connectivity index (χ0v) is 12.8. The monoisotopic (exact) mass is 295 g/mol. The van der Waals surface area contributed by atoms with Crippen molar-refractivity contribution < 1.29 is 0 Å². The molecule has 3 nitrogen and oxygen atoms in total. The van der Waals surface area contributed by atoms with Gasteiger partial charge in [-0.25, -0.2) is 4.98 Å². The average Bonchev–Trinajstić information content (AvgIpc) is 2.39. The number of rotatable bonds is 6. The van der Waals surface area contributed by atoms with E-state index in [0.29, 0.717) is 11.1 Å². The summed E-state index contributed by atoms with van der Waals surface area (Å²) in [6.45, 7) is 4.29. The highest BCUT2D eigenvalue weighted by Crippen LogP contribution is 2.18. The van der Waals surface area contributed by atoms with Crippen molar-refractivity contribution in [3.05, 3.63) is 29.0 Å². The van der Waals surface area contributed by atoms with Gasteiger partial charge < -0.3 is 0 Å². The van der Waals surface area contributed by atoms with Crippen LogP contribution in [-0.4, -0.2) is 15.8 Å². The van der Waals surface area contributed by atoms with Crippen molar-refractivity contribution in [2.24, 2.45) is 10.9 Å². The van der Waals surface area contributed by atoms with E-state index < -0.39 is 0 Å². The summed E-state index contributed by atoms with van der Waals surface area (Å²) in [4.78, 5) is 7.98. The maximum Gasteiger partial charge on any atom is 0.206 e. The van der Waals surface area contributed by atoms with Gasteiger partial charge in [-0.3, -0.25) is 0 Å². The van der Waals surface area contributed by atoms with Gasteiger partial charge in [0.25, 0.3) is 0 Å². The first-order chi connectivity index (χ1) is 9.15. The normalized spacial score (nSPS) is 13.1. The fourth-order valence-corrected chi connectivity index (χ4v) is 2.77. The zero-order chi connectivity index (χ0) is 14.1. The molecule has 0 saturated carbocycles. The molecule has 1 rings (SSSR count). The maximum absolute atomic E-state index is 8.69. The van der Waals surface area contributed by atoms with Gasteiger partial charge in [-0.1, -0.05) is 31.5 Å². The summed E-state index contributed by atoms with van der Waals surface area (Å²) in [5.74, 6) is 1.44. The Balaban J connectivity index is 2.53. The second-order valence-electron chi connectivity index (χ2n) is 4.46. The SMILES string of the molecule is CCCSC(C[C@H](C)Cc1ccc(Cl)nc1)=NC#N. The highest BCUT2D eigenvalue weighted by atomic mass is 35.5. The molecule has 0 bridgehead atoms. The molecule has 0 unspecified atom stereocenters. The molecular weight excluding hydrogens is 278 g/mol. The maximum atomic E-state index is 8.69. The number of nitrogens with zero attached hydrogens (tertiary/aromatic N) is 3. The lowest BCUT2D eigenvalue weighted by Crippen LogP contribution is -2.06. The van der Waals surface area contributed by atoms with Crippen molar-refractivity contribution in [2.75, 3.05) is 5.75 Å². The second-order valence-corrected chi connectivity index (χ2v) is 6.01. The Morgan fingerprint density at radius 2 is 2.37 bits per heavy atom. The third-order valence-corrected chi connectivity index (χ3v) is 3.97. The van der Waals surface area contributed by atoms with Gasteiger partial charge in [-0.2, -0.15) is 10.3 Å². The van der Waals surface area contributed by atoms with E-state index in [1.165, 1.54) is 0 Å². The second kappa shape index (κ2) is 8.95. The minimum Gasteiger partial charge on any atom is -0.244 e. The Hall–Kier alpha value is -1.05. The zero-order valence-electron chi connectivity index (χ0n) is 11.3. The predicted octanol–water partition coefficient (Wildman–Crippen LogP) is 4.33. The van der Waals surface area contributed by atoms with Gasteiger partial charge in [0.1, 0.15) is 5.15 Å². The van der Waals surface area contributed by atoms with Crippen LogP contribution in [0.2, 0.25) is 5.15 Å². The molecule has 102 valence electrons. The van der Waals surface area contributed by atoms with Gasteiger partial charge in [0, 0.05) is 6.20 Å². The minimum absolute atomic E-state index is 0.430. The quantitative estimate of drug-likeness (QED) is 0.340. The Morgan fingerprint density at radius 3 is 2.95 bits per heavy atom. The topological polar surface area (TPSA) is 49.0 Å². The summed E-state index contributed by atoms with van der Waals surface area (Å²) in [5, 5.41) is 10.1. The number of pyridine rings is 1. The van der Waals surface area contributed by atoms with Crippen molar-refractivity contribution in [1.82, 2.24) is 4.98 Å². The van der Waals surface area contributed by atoms with E-state index in [4.69, 9.17) is 16.9 Å². The van der Waals surface area contributed by atoms with Gasteiger partial charge in [0.05, 0.1) is 5.04 Å². The third-order valence-electron chi connectivity index (χ3n) is 2.54. The summed E-state index contributed by atoms with van der Waals surface area (Å²) >= 11 is 7.44. The van der Waals surface area contributed by atoms with Crippen molar-refractivity contribution in [2.45, 2.75) is 33.1 Å². The van der Waals surface area contributed by atoms with Crippen molar-refractivity contribution in [1.29, 1.82) is 5.26 Å². The molecule has 1 aromatic rings. The predicted molar refractivity (Wildman–Crippen MR) is 82.5 cm³/mol. The van der Waals surface area contributed by atoms with E-state index in [-0.39, 0.29) is 0 Å². The van der Waals surface area contributed by atoms with Gasteiger partial charge in [0.15, 0.2) is 0 Å². The van der Waals surface area contributed by atoms with E-state index in [1.807, 2.05) is 12.3 Å². The smallest absolute Gasteiger partial charge is 0.206 e. The van der Waals surface area contributed by atoms with E-state index in [0.717, 1.165) is 35.6 Å². The molecule has 0 spiro atoms. The standard InChI is InChI=1S/C14H18ClN3S/c1-3-6-19-14(18-10-16)8-11(2)7-12-4-5-13(15)17-9-12/h4-5,9,11H,3,6-8H2,1-2H3/t11-/m1/s1. The summed E-state index contributed by atoms with van der Waals surface area (Å²) in [7, 11) is 0. The molecule has 0 saturated heterocycles. The van der Waals surface area contributed by atoms with Crippen LogP contribution in [0.25, 0.3) is 0 Å². The van der Waals surface area contributed by atoms with Crippen LogP contribution in [0.5, 0.6) is 0 Å². The molecule has 0 amide bonds. The molecule has 0 N–H and O–H groups in total. The lowest BCUT2D eigenvalue weighted by atomic mass is 10.00. The molecule has 0 fully saturated rings. The van der Waals surface area contributed by atoms with Crippen LogP contribution >= 0.6 is 23.4 Å². The van der Waals surface area contributed by atoms with Crippen molar-refractivity contribution >= 4 is 28.4 Å². The average molecular weight is 296 g/mol. The van der Waals surface area contributed by atoms with E-state index in [2.05, 4.69) is 23.8 Å². The molecule has 0 aliphatic rings. The van der Waals surface area contributed by atoms with E-state index in [1.54, 1.807) is 24.0 Å². The minimum atomic E-state index is 0.430. The van der Waals surface area contributed by atoms with Crippen LogP contribution in [0.3, 0.4) is 0 Å². The first-order valence-corrected chi connectivity index (χ1v) is 7.71. The van der Waals surface area contributed by atoms with Crippen LogP contribution in [0, 0.1) is 17.4 Å². The summed E-state index contributed by atoms with van der Waals surface area (Å²) in [6, 6.07) is 3.80. The van der Waals surface area contributed by atoms with Crippen molar-refractivity contribution in [3.63, 3.8) is 0 Å². The molecule has 1 atom stereocenters. The number of nitriles is 1. The summed E-state index contributed by atoms with van der Waals surface area (Å²) in [5.41, 5.74) is 1.16. The molecule has 19 heavy (non-hydrogen) atoms. The van der Waals surface area contributed by atoms with Crippen LogP contribution in [-0.2, 0) is 6.42 Å². The molecule has 0 radical (unpaired) electrons. The number of halogens is 1. The summed E-state index contributed by atoms with van der Waals surface area (Å²) < 4.78 is 0. The third kappa shape index (κ3) is 6.60. The summed E-state index contributed by atoms with van der Waals surface area (Å²) in [6.07, 6.45) is 6.54. The van der Waals surface area contributed by atoms with Crippen LogP contribution in [0.15, 0.2) is 23.3 Å². The lowest BCUT2D eigenvalue weighted by molar-refractivity contribution is 0.608. The molecule has 5 heteroatoms. The van der Waals surface area contributed by atoms with Crippen LogP contribution in [0.1, 0.15) is 32.3 Å². The van der Waals surface area contributed by atoms with Gasteiger partial charge in [0.2, 0.25) is 6.19 Å². The molecule has 1 heterocycles.